The Hall–Kier alpha value is -0.930. The smallest absolute Gasteiger partial charge is 0.409 e. The molecule has 0 radical (unpaired) electrons. The van der Waals surface area contributed by atoms with Crippen molar-refractivity contribution < 1.29 is 34.7 Å². The lowest BCUT2D eigenvalue weighted by Crippen LogP contribution is -2.48. The number of rotatable bonds is 7. The molecule has 108 valence electrons. The first-order valence-corrected chi connectivity index (χ1v) is 5.52. The number of aliphatic hydroxyl groups excluding tert-OH is 4. The molecule has 0 aliphatic rings. The van der Waals surface area contributed by atoms with Gasteiger partial charge in [-0.15, -0.1) is 0 Å². The maximum absolute atomic E-state index is 11.1. The van der Waals surface area contributed by atoms with Crippen LogP contribution in [-0.4, -0.2) is 70.9 Å². The summed E-state index contributed by atoms with van der Waals surface area (Å²) in [6.45, 7) is 2.40. The summed E-state index contributed by atoms with van der Waals surface area (Å²) in [6.07, 6.45) is -7.51. The van der Waals surface area contributed by atoms with Crippen LogP contribution >= 0.6 is 0 Å². The van der Waals surface area contributed by atoms with Gasteiger partial charge in [0.15, 0.2) is 0 Å². The van der Waals surface area contributed by atoms with E-state index >= 15 is 0 Å². The number of hydrogen-bond donors (Lipinski definition) is 5. The lowest BCUT2D eigenvalue weighted by Gasteiger charge is -2.29. The van der Waals surface area contributed by atoms with Crippen molar-refractivity contribution in [1.82, 2.24) is 5.32 Å². The summed E-state index contributed by atoms with van der Waals surface area (Å²) in [4.78, 5) is 11.1. The number of amides is 1. The molecule has 0 rings (SSSR count). The van der Waals surface area contributed by atoms with E-state index in [-0.39, 0.29) is 6.61 Å². The van der Waals surface area contributed by atoms with Gasteiger partial charge < -0.3 is 35.2 Å². The van der Waals surface area contributed by atoms with E-state index < -0.39 is 36.8 Å². The molecule has 0 heterocycles. The Kier molecular flexibility index (Phi) is 7.80. The van der Waals surface area contributed by atoms with Gasteiger partial charge in [-0.2, -0.15) is 0 Å². The molecule has 0 aliphatic heterocycles. The molecule has 5 N–H and O–H groups in total. The van der Waals surface area contributed by atoms with E-state index in [1.54, 1.807) is 0 Å². The zero-order chi connectivity index (χ0) is 14.3. The number of carbonyl (C=O) groups excluding carboxylic acids is 1. The largest absolute Gasteiger partial charge is 0.417 e. The zero-order valence-corrected chi connectivity index (χ0v) is 10.6. The van der Waals surface area contributed by atoms with Crippen molar-refractivity contribution in [3.63, 3.8) is 0 Å². The van der Waals surface area contributed by atoms with Crippen molar-refractivity contribution in [1.29, 1.82) is 0 Å². The third kappa shape index (κ3) is 5.61. The summed E-state index contributed by atoms with van der Waals surface area (Å²) in [5.41, 5.74) is 0. The van der Waals surface area contributed by atoms with Crippen LogP contribution in [0.2, 0.25) is 0 Å². The third-order valence-electron chi connectivity index (χ3n) is 2.17. The average Bonchev–Trinajstić information content (AvgIpc) is 2.35. The highest BCUT2D eigenvalue weighted by molar-refractivity contribution is 5.66. The highest BCUT2D eigenvalue weighted by Gasteiger charge is 2.34. The van der Waals surface area contributed by atoms with Gasteiger partial charge in [0, 0.05) is 7.05 Å². The summed E-state index contributed by atoms with van der Waals surface area (Å²) in [7, 11) is 1.31. The van der Waals surface area contributed by atoms with Crippen molar-refractivity contribution in [2.24, 2.45) is 0 Å². The molecule has 0 saturated heterocycles. The van der Waals surface area contributed by atoms with Gasteiger partial charge in [-0.05, 0) is 13.8 Å². The first-order valence-electron chi connectivity index (χ1n) is 5.52. The average molecular weight is 267 g/mol. The maximum Gasteiger partial charge on any atom is 0.409 e. The fraction of sp³-hybridized carbons (Fsp3) is 0.900. The predicted molar refractivity (Wildman–Crippen MR) is 60.7 cm³/mol. The minimum Gasteiger partial charge on any atom is -0.417 e. The SMILES string of the molecule is CNC(=O)OC(OC(C)CO)C(O)C(O)C(C)O. The fourth-order valence-electron chi connectivity index (χ4n) is 1.06. The Morgan fingerprint density at radius 1 is 1.22 bits per heavy atom. The van der Waals surface area contributed by atoms with Gasteiger partial charge in [0.25, 0.3) is 0 Å². The van der Waals surface area contributed by atoms with E-state index in [1.807, 2.05) is 0 Å². The molecule has 0 aromatic carbocycles. The van der Waals surface area contributed by atoms with Crippen LogP contribution in [0.15, 0.2) is 0 Å². The number of aliphatic hydroxyl groups is 4. The molecule has 0 aromatic heterocycles. The lowest BCUT2D eigenvalue weighted by atomic mass is 10.1. The second-order valence-corrected chi connectivity index (χ2v) is 3.87. The second-order valence-electron chi connectivity index (χ2n) is 3.87. The molecular formula is C10H21NO7. The van der Waals surface area contributed by atoms with Crippen LogP contribution in [0, 0.1) is 0 Å². The van der Waals surface area contributed by atoms with Crippen molar-refractivity contribution in [3.05, 3.63) is 0 Å². The molecule has 1 amide bonds. The predicted octanol–water partition coefficient (Wildman–Crippen LogP) is -1.83. The zero-order valence-electron chi connectivity index (χ0n) is 10.6. The van der Waals surface area contributed by atoms with E-state index in [1.165, 1.54) is 20.9 Å². The van der Waals surface area contributed by atoms with Crippen molar-refractivity contribution >= 4 is 6.09 Å². The van der Waals surface area contributed by atoms with Gasteiger partial charge in [-0.25, -0.2) is 4.79 Å². The Bertz CT molecular complexity index is 248. The van der Waals surface area contributed by atoms with E-state index in [0.717, 1.165) is 0 Å². The first-order chi connectivity index (χ1) is 8.33. The topological polar surface area (TPSA) is 128 Å². The summed E-state index contributed by atoms with van der Waals surface area (Å²) < 4.78 is 9.75. The van der Waals surface area contributed by atoms with Crippen LogP contribution in [-0.2, 0) is 9.47 Å². The summed E-state index contributed by atoms with van der Waals surface area (Å²) in [5.74, 6) is 0. The standard InChI is InChI=1S/C10H21NO7/c1-5(4-12)17-9(18-10(16)11-3)8(15)7(14)6(2)13/h5-9,12-15H,4H2,1-3H3,(H,11,16). The van der Waals surface area contributed by atoms with Crippen molar-refractivity contribution in [2.75, 3.05) is 13.7 Å². The molecule has 8 nitrogen and oxygen atoms in total. The van der Waals surface area contributed by atoms with Crippen molar-refractivity contribution in [3.8, 4) is 0 Å². The fourth-order valence-corrected chi connectivity index (χ4v) is 1.06. The highest BCUT2D eigenvalue weighted by Crippen LogP contribution is 2.12. The number of ether oxygens (including phenoxy) is 2. The summed E-state index contributed by atoms with van der Waals surface area (Å²) >= 11 is 0. The van der Waals surface area contributed by atoms with E-state index in [2.05, 4.69) is 5.32 Å². The summed E-state index contributed by atoms with van der Waals surface area (Å²) in [5, 5.41) is 39.3. The Morgan fingerprint density at radius 2 is 1.78 bits per heavy atom. The molecule has 0 bridgehead atoms. The number of carbonyl (C=O) groups is 1. The number of hydrogen-bond acceptors (Lipinski definition) is 7. The van der Waals surface area contributed by atoms with Gasteiger partial charge in [0.2, 0.25) is 6.29 Å². The van der Waals surface area contributed by atoms with Gasteiger partial charge in [-0.1, -0.05) is 0 Å². The van der Waals surface area contributed by atoms with Gasteiger partial charge >= 0.3 is 6.09 Å². The van der Waals surface area contributed by atoms with E-state index in [0.29, 0.717) is 0 Å². The minimum atomic E-state index is -1.64. The molecule has 0 saturated carbocycles. The Morgan fingerprint density at radius 3 is 2.17 bits per heavy atom. The lowest BCUT2D eigenvalue weighted by molar-refractivity contribution is -0.219. The Labute approximate surface area is 105 Å². The monoisotopic (exact) mass is 267 g/mol. The first kappa shape index (κ1) is 17.1. The normalized spacial score (nSPS) is 19.5. The number of nitrogens with one attached hydrogen (secondary N) is 1. The van der Waals surface area contributed by atoms with Gasteiger partial charge in [0.1, 0.15) is 12.2 Å². The van der Waals surface area contributed by atoms with E-state index in [9.17, 15) is 15.0 Å². The van der Waals surface area contributed by atoms with Crippen LogP contribution in [0.1, 0.15) is 13.8 Å². The van der Waals surface area contributed by atoms with E-state index in [4.69, 9.17) is 19.7 Å². The molecule has 0 spiro atoms. The van der Waals surface area contributed by atoms with Crippen LogP contribution in [0.5, 0.6) is 0 Å². The van der Waals surface area contributed by atoms with Gasteiger partial charge in [0.05, 0.1) is 18.8 Å². The molecule has 5 atom stereocenters. The molecule has 0 aliphatic carbocycles. The second kappa shape index (κ2) is 8.22. The van der Waals surface area contributed by atoms with Gasteiger partial charge in [-0.3, -0.25) is 0 Å². The molecule has 18 heavy (non-hydrogen) atoms. The Balaban J connectivity index is 4.67. The minimum absolute atomic E-state index is 0.356. The van der Waals surface area contributed by atoms with Crippen LogP contribution in [0.25, 0.3) is 0 Å². The van der Waals surface area contributed by atoms with Crippen LogP contribution < -0.4 is 5.32 Å². The third-order valence-corrected chi connectivity index (χ3v) is 2.17. The molecule has 0 aromatic rings. The molecule has 0 fully saturated rings. The maximum atomic E-state index is 11.1. The molecule has 5 unspecified atom stereocenters. The summed E-state index contributed by atoms with van der Waals surface area (Å²) in [6, 6.07) is 0. The molecular weight excluding hydrogens is 246 g/mol. The van der Waals surface area contributed by atoms with Crippen molar-refractivity contribution in [2.45, 2.75) is 44.6 Å². The molecule has 8 heteroatoms. The number of alkyl carbamates (subject to hydrolysis) is 1. The highest BCUT2D eigenvalue weighted by atomic mass is 16.7. The quantitative estimate of drug-likeness (QED) is 0.343. The van der Waals surface area contributed by atoms with Crippen LogP contribution in [0.4, 0.5) is 4.79 Å². The van der Waals surface area contributed by atoms with Crippen LogP contribution in [0.3, 0.4) is 0 Å².